The average molecular weight is 188 g/mol. The van der Waals surface area contributed by atoms with E-state index in [-0.39, 0.29) is 0 Å². The van der Waals surface area contributed by atoms with Crippen LogP contribution in [-0.4, -0.2) is 15.0 Å². The molecule has 1 aliphatic carbocycles. The summed E-state index contributed by atoms with van der Waals surface area (Å²) in [5.74, 6) is 2.03. The van der Waals surface area contributed by atoms with Gasteiger partial charge in [-0.2, -0.15) is 0 Å². The van der Waals surface area contributed by atoms with Gasteiger partial charge in [0.05, 0.1) is 5.39 Å². The Balaban J connectivity index is 2.16. The van der Waals surface area contributed by atoms with Crippen LogP contribution in [0.4, 0.5) is 5.82 Å². The van der Waals surface area contributed by atoms with Crippen molar-refractivity contribution in [2.24, 2.45) is 0 Å². The molecule has 0 aromatic carbocycles. The highest BCUT2D eigenvalue weighted by molar-refractivity contribution is 5.85. The van der Waals surface area contributed by atoms with Gasteiger partial charge in [0, 0.05) is 12.1 Å². The highest BCUT2D eigenvalue weighted by Crippen LogP contribution is 2.35. The second-order valence-corrected chi connectivity index (χ2v) is 3.83. The predicted octanol–water partition coefficient (Wildman–Crippen LogP) is 1.81. The lowest BCUT2D eigenvalue weighted by Gasteiger charge is -2.23. The van der Waals surface area contributed by atoms with Crippen molar-refractivity contribution >= 4 is 16.9 Å². The first-order valence-corrected chi connectivity index (χ1v) is 4.95. The molecular formula is C10H12N4. The highest BCUT2D eigenvalue weighted by Gasteiger charge is 2.23. The van der Waals surface area contributed by atoms with E-state index in [4.69, 9.17) is 5.73 Å². The van der Waals surface area contributed by atoms with Crippen LogP contribution in [0.1, 0.15) is 31.0 Å². The monoisotopic (exact) mass is 188 g/mol. The third-order valence-electron chi connectivity index (χ3n) is 2.93. The van der Waals surface area contributed by atoms with Gasteiger partial charge < -0.3 is 10.7 Å². The molecule has 0 aliphatic heterocycles. The number of H-pyrrole nitrogens is 1. The molecular weight excluding hydrogens is 176 g/mol. The zero-order valence-electron chi connectivity index (χ0n) is 7.83. The number of fused-ring (bicyclic) bond motifs is 1. The molecule has 4 heteroatoms. The number of aromatic amines is 1. The largest absolute Gasteiger partial charge is 0.383 e. The van der Waals surface area contributed by atoms with Crippen molar-refractivity contribution in [2.75, 3.05) is 5.73 Å². The Morgan fingerprint density at radius 3 is 2.93 bits per heavy atom. The van der Waals surface area contributed by atoms with Gasteiger partial charge >= 0.3 is 0 Å². The molecule has 2 heterocycles. The maximum absolute atomic E-state index is 5.85. The number of hydrogen-bond acceptors (Lipinski definition) is 3. The Bertz CT molecular complexity index is 470. The molecule has 0 spiro atoms. The van der Waals surface area contributed by atoms with Crippen molar-refractivity contribution in [3.8, 4) is 0 Å². The van der Waals surface area contributed by atoms with Crippen LogP contribution in [0.25, 0.3) is 11.0 Å². The van der Waals surface area contributed by atoms with E-state index >= 15 is 0 Å². The minimum absolute atomic E-state index is 0.532. The van der Waals surface area contributed by atoms with Crippen LogP contribution in [0.15, 0.2) is 12.3 Å². The van der Waals surface area contributed by atoms with E-state index in [1.165, 1.54) is 19.3 Å². The number of nitrogens with zero attached hydrogens (tertiary/aromatic N) is 2. The van der Waals surface area contributed by atoms with Gasteiger partial charge in [0.25, 0.3) is 0 Å². The molecule has 1 saturated carbocycles. The first kappa shape index (κ1) is 7.79. The molecule has 2 aromatic rings. The summed E-state index contributed by atoms with van der Waals surface area (Å²) in [6.07, 6.45) is 5.54. The first-order valence-electron chi connectivity index (χ1n) is 4.95. The molecule has 0 unspecified atom stereocenters. The van der Waals surface area contributed by atoms with Gasteiger partial charge in [0.15, 0.2) is 0 Å². The van der Waals surface area contributed by atoms with E-state index in [9.17, 15) is 0 Å². The standard InChI is InChI=1S/C10H12N4/c11-8-7-4-5-12-10(7)14-9(13-8)6-2-1-3-6/h4-6H,1-3H2,(H3,11,12,13,14). The second-order valence-electron chi connectivity index (χ2n) is 3.83. The van der Waals surface area contributed by atoms with Crippen molar-refractivity contribution in [1.29, 1.82) is 0 Å². The molecule has 0 radical (unpaired) electrons. The van der Waals surface area contributed by atoms with E-state index in [1.807, 2.05) is 12.3 Å². The van der Waals surface area contributed by atoms with Gasteiger partial charge in [-0.3, -0.25) is 0 Å². The minimum atomic E-state index is 0.532. The quantitative estimate of drug-likeness (QED) is 0.717. The van der Waals surface area contributed by atoms with E-state index in [0.29, 0.717) is 11.7 Å². The Morgan fingerprint density at radius 2 is 2.21 bits per heavy atom. The fraction of sp³-hybridized carbons (Fsp3) is 0.400. The SMILES string of the molecule is Nc1nc(C2CCC2)nc2[nH]ccc12. The molecule has 72 valence electrons. The number of nitrogens with one attached hydrogen (secondary N) is 1. The Labute approximate surface area is 81.6 Å². The Hall–Kier alpha value is -1.58. The smallest absolute Gasteiger partial charge is 0.143 e. The van der Waals surface area contributed by atoms with E-state index in [2.05, 4.69) is 15.0 Å². The van der Waals surface area contributed by atoms with Crippen molar-refractivity contribution < 1.29 is 0 Å². The van der Waals surface area contributed by atoms with Crippen LogP contribution in [0.2, 0.25) is 0 Å². The van der Waals surface area contributed by atoms with Crippen LogP contribution < -0.4 is 5.73 Å². The lowest BCUT2D eigenvalue weighted by atomic mass is 9.85. The van der Waals surface area contributed by atoms with Crippen LogP contribution in [-0.2, 0) is 0 Å². The third kappa shape index (κ3) is 0.999. The number of hydrogen-bond donors (Lipinski definition) is 2. The number of nitrogen functional groups attached to an aromatic ring is 1. The topological polar surface area (TPSA) is 67.6 Å². The molecule has 0 saturated heterocycles. The Morgan fingerprint density at radius 1 is 1.36 bits per heavy atom. The lowest BCUT2D eigenvalue weighted by Crippen LogP contribution is -2.13. The summed E-state index contributed by atoms with van der Waals surface area (Å²) in [6.45, 7) is 0. The molecule has 3 N–H and O–H groups in total. The summed E-state index contributed by atoms with van der Waals surface area (Å²) in [5.41, 5.74) is 6.71. The molecule has 1 aliphatic rings. The zero-order chi connectivity index (χ0) is 9.54. The number of anilines is 1. The maximum Gasteiger partial charge on any atom is 0.143 e. The summed E-state index contributed by atoms with van der Waals surface area (Å²) in [7, 11) is 0. The first-order chi connectivity index (χ1) is 6.84. The number of aromatic nitrogens is 3. The van der Waals surface area contributed by atoms with Gasteiger partial charge in [0.2, 0.25) is 0 Å². The van der Waals surface area contributed by atoms with Gasteiger partial charge in [-0.15, -0.1) is 0 Å². The van der Waals surface area contributed by atoms with Crippen molar-refractivity contribution in [3.05, 3.63) is 18.1 Å². The highest BCUT2D eigenvalue weighted by atomic mass is 15.0. The maximum atomic E-state index is 5.85. The van der Waals surface area contributed by atoms with Crippen molar-refractivity contribution in [2.45, 2.75) is 25.2 Å². The van der Waals surface area contributed by atoms with E-state index in [0.717, 1.165) is 16.9 Å². The summed E-state index contributed by atoms with van der Waals surface area (Å²) < 4.78 is 0. The van der Waals surface area contributed by atoms with Gasteiger partial charge in [-0.25, -0.2) is 9.97 Å². The predicted molar refractivity (Wildman–Crippen MR) is 54.9 cm³/mol. The van der Waals surface area contributed by atoms with Gasteiger partial charge in [0.1, 0.15) is 17.3 Å². The minimum Gasteiger partial charge on any atom is -0.383 e. The molecule has 0 amide bonds. The zero-order valence-corrected chi connectivity index (χ0v) is 7.83. The lowest BCUT2D eigenvalue weighted by molar-refractivity contribution is 0.403. The fourth-order valence-corrected chi connectivity index (χ4v) is 1.83. The molecule has 14 heavy (non-hydrogen) atoms. The third-order valence-corrected chi connectivity index (χ3v) is 2.93. The van der Waals surface area contributed by atoms with E-state index in [1.54, 1.807) is 0 Å². The van der Waals surface area contributed by atoms with Crippen LogP contribution in [0.3, 0.4) is 0 Å². The number of rotatable bonds is 1. The van der Waals surface area contributed by atoms with Crippen LogP contribution in [0.5, 0.6) is 0 Å². The molecule has 1 fully saturated rings. The van der Waals surface area contributed by atoms with Crippen molar-refractivity contribution in [1.82, 2.24) is 15.0 Å². The van der Waals surface area contributed by atoms with Crippen LogP contribution >= 0.6 is 0 Å². The molecule has 0 bridgehead atoms. The average Bonchev–Trinajstić information content (AvgIpc) is 2.48. The van der Waals surface area contributed by atoms with Crippen molar-refractivity contribution in [3.63, 3.8) is 0 Å². The summed E-state index contributed by atoms with van der Waals surface area (Å²) in [6, 6.07) is 1.91. The van der Waals surface area contributed by atoms with Gasteiger partial charge in [-0.05, 0) is 18.9 Å². The van der Waals surface area contributed by atoms with E-state index < -0.39 is 0 Å². The summed E-state index contributed by atoms with van der Waals surface area (Å²) in [4.78, 5) is 11.9. The fourth-order valence-electron chi connectivity index (χ4n) is 1.83. The molecule has 2 aromatic heterocycles. The molecule has 4 nitrogen and oxygen atoms in total. The second kappa shape index (κ2) is 2.70. The van der Waals surface area contributed by atoms with Gasteiger partial charge in [-0.1, -0.05) is 6.42 Å². The molecule has 3 rings (SSSR count). The van der Waals surface area contributed by atoms with Crippen LogP contribution in [0, 0.1) is 0 Å². The summed E-state index contributed by atoms with van der Waals surface area (Å²) >= 11 is 0. The normalized spacial score (nSPS) is 17.1. The summed E-state index contributed by atoms with van der Waals surface area (Å²) in [5, 5.41) is 0.924. The Kier molecular flexibility index (Phi) is 1.50. The number of nitrogens with two attached hydrogens (primary N) is 1. The molecule has 0 atom stereocenters.